The van der Waals surface area contributed by atoms with E-state index in [0.29, 0.717) is 0 Å². The molecule has 0 aliphatic heterocycles. The Morgan fingerprint density at radius 2 is 2.50 bits per heavy atom. The molecule has 1 N–H and O–H groups in total. The van der Waals surface area contributed by atoms with Crippen molar-refractivity contribution in [2.75, 3.05) is 6.16 Å². The lowest BCUT2D eigenvalue weighted by Gasteiger charge is -1.77. The van der Waals surface area contributed by atoms with Gasteiger partial charge in [0.05, 0.1) is 0 Å². The fourth-order valence-electron chi connectivity index (χ4n) is 0.123. The lowest BCUT2D eigenvalue weighted by Crippen LogP contribution is -1.61. The van der Waals surface area contributed by atoms with Crippen LogP contribution < -0.4 is 0 Å². The zero-order valence-corrected chi connectivity index (χ0v) is 4.35. The Kier molecular flexibility index (Phi) is 3.10. The van der Waals surface area contributed by atoms with Gasteiger partial charge >= 0.3 is 0 Å². The first-order valence-electron chi connectivity index (χ1n) is 1.60. The van der Waals surface area contributed by atoms with Gasteiger partial charge in [0, 0.05) is 6.16 Å². The molecule has 36 valence electrons. The Bertz CT molecular complexity index is 69.2. The SMILES string of the molecule is C=CC[PH](=O)O. The fraction of sp³-hybridized carbons (Fsp3) is 0.333. The maximum Gasteiger partial charge on any atom is 0.192 e. The first-order chi connectivity index (χ1) is 2.77. The molecule has 0 spiro atoms. The van der Waals surface area contributed by atoms with Crippen LogP contribution in [0.25, 0.3) is 0 Å². The summed E-state index contributed by atoms with van der Waals surface area (Å²) in [6.45, 7) is 3.27. The summed E-state index contributed by atoms with van der Waals surface area (Å²) in [5, 5.41) is 0. The van der Waals surface area contributed by atoms with Crippen LogP contribution in [0.15, 0.2) is 12.7 Å². The Balaban J connectivity index is 3.05. The molecule has 0 rings (SSSR count). The van der Waals surface area contributed by atoms with Crippen LogP contribution in [0.2, 0.25) is 0 Å². The summed E-state index contributed by atoms with van der Waals surface area (Å²) in [4.78, 5) is 8.03. The lowest BCUT2D eigenvalue weighted by molar-refractivity contribution is 0.506. The van der Waals surface area contributed by atoms with E-state index >= 15 is 0 Å². The molecule has 2 nitrogen and oxygen atoms in total. The average molecular weight is 106 g/mol. The molecular formula is C3H7O2P. The fourth-order valence-corrected chi connectivity index (χ4v) is 0.370. The van der Waals surface area contributed by atoms with E-state index in [1.54, 1.807) is 0 Å². The first-order valence-corrected chi connectivity index (χ1v) is 3.16. The van der Waals surface area contributed by atoms with Crippen molar-refractivity contribution in [3.05, 3.63) is 12.7 Å². The molecular weight excluding hydrogens is 99.0 g/mol. The number of rotatable bonds is 2. The topological polar surface area (TPSA) is 37.3 Å². The van der Waals surface area contributed by atoms with E-state index in [1.165, 1.54) is 6.08 Å². The van der Waals surface area contributed by atoms with Gasteiger partial charge in [0.15, 0.2) is 8.03 Å². The maximum atomic E-state index is 9.71. The van der Waals surface area contributed by atoms with Gasteiger partial charge in [-0.3, -0.25) is 4.57 Å². The smallest absolute Gasteiger partial charge is 0.192 e. The molecule has 0 bridgehead atoms. The molecule has 0 aromatic heterocycles. The van der Waals surface area contributed by atoms with Gasteiger partial charge in [-0.25, -0.2) is 0 Å². The number of allylic oxidation sites excluding steroid dienone is 1. The molecule has 0 saturated carbocycles. The third-order valence-corrected chi connectivity index (χ3v) is 0.957. The van der Waals surface area contributed by atoms with Crippen LogP contribution in [0, 0.1) is 0 Å². The molecule has 3 heteroatoms. The molecule has 1 atom stereocenters. The van der Waals surface area contributed by atoms with E-state index in [0.717, 1.165) is 0 Å². The molecule has 0 fully saturated rings. The van der Waals surface area contributed by atoms with Gasteiger partial charge in [-0.15, -0.1) is 6.58 Å². The van der Waals surface area contributed by atoms with Gasteiger partial charge in [-0.2, -0.15) is 0 Å². The molecule has 1 unspecified atom stereocenters. The van der Waals surface area contributed by atoms with E-state index in [2.05, 4.69) is 6.58 Å². The van der Waals surface area contributed by atoms with Crippen LogP contribution in [-0.4, -0.2) is 11.1 Å². The van der Waals surface area contributed by atoms with E-state index in [9.17, 15) is 4.57 Å². The Labute approximate surface area is 37.4 Å². The predicted molar refractivity (Wildman–Crippen MR) is 26.3 cm³/mol. The van der Waals surface area contributed by atoms with Crippen molar-refractivity contribution in [3.8, 4) is 0 Å². The molecule has 0 aliphatic rings. The summed E-state index contributed by atoms with van der Waals surface area (Å²) in [5.41, 5.74) is 0. The maximum absolute atomic E-state index is 9.71. The largest absolute Gasteiger partial charge is 0.346 e. The highest BCUT2D eigenvalue weighted by Crippen LogP contribution is 2.10. The first kappa shape index (κ1) is 5.93. The second kappa shape index (κ2) is 3.13. The van der Waals surface area contributed by atoms with E-state index < -0.39 is 8.03 Å². The molecule has 0 amide bonds. The highest BCUT2D eigenvalue weighted by molar-refractivity contribution is 7.38. The minimum Gasteiger partial charge on any atom is -0.346 e. The standard InChI is InChI=1S/C3H7O2P/c1-2-3-6(4)5/h2,6H,1,3H2,(H,4,5). The van der Waals surface area contributed by atoms with E-state index in [4.69, 9.17) is 4.89 Å². The third-order valence-electron chi connectivity index (χ3n) is 0.319. The van der Waals surface area contributed by atoms with Crippen molar-refractivity contribution in [3.63, 3.8) is 0 Å². The highest BCUT2D eigenvalue weighted by atomic mass is 31.1. The van der Waals surface area contributed by atoms with E-state index in [-0.39, 0.29) is 6.16 Å². The van der Waals surface area contributed by atoms with Crippen molar-refractivity contribution in [2.45, 2.75) is 0 Å². The molecule has 0 saturated heterocycles. The second-order valence-corrected chi connectivity index (χ2v) is 2.08. The quantitative estimate of drug-likeness (QED) is 0.414. The van der Waals surface area contributed by atoms with Crippen molar-refractivity contribution >= 4 is 8.03 Å². The van der Waals surface area contributed by atoms with Gasteiger partial charge in [0.2, 0.25) is 0 Å². The molecule has 0 aliphatic carbocycles. The zero-order chi connectivity index (χ0) is 4.99. The summed E-state index contributed by atoms with van der Waals surface area (Å²) in [7, 11) is -2.25. The summed E-state index contributed by atoms with van der Waals surface area (Å²) in [5.74, 6) is 0. The summed E-state index contributed by atoms with van der Waals surface area (Å²) in [6.07, 6.45) is 1.67. The molecule has 0 aromatic rings. The van der Waals surface area contributed by atoms with Crippen molar-refractivity contribution in [2.24, 2.45) is 0 Å². The van der Waals surface area contributed by atoms with Gasteiger partial charge in [0.25, 0.3) is 0 Å². The lowest BCUT2D eigenvalue weighted by atomic mass is 10.8. The highest BCUT2D eigenvalue weighted by Gasteiger charge is 1.79. The van der Waals surface area contributed by atoms with Crippen LogP contribution in [0.4, 0.5) is 0 Å². The molecule has 0 radical (unpaired) electrons. The average Bonchev–Trinajstić information content (AvgIpc) is 1.35. The number of hydrogen-bond acceptors (Lipinski definition) is 1. The van der Waals surface area contributed by atoms with Gasteiger partial charge in [0.1, 0.15) is 0 Å². The predicted octanol–water partition coefficient (Wildman–Crippen LogP) is 0.639. The minimum absolute atomic E-state index is 0.241. The van der Waals surface area contributed by atoms with Gasteiger partial charge in [-0.1, -0.05) is 6.08 Å². The van der Waals surface area contributed by atoms with Crippen LogP contribution in [0.1, 0.15) is 0 Å². The molecule has 6 heavy (non-hydrogen) atoms. The summed E-state index contributed by atoms with van der Waals surface area (Å²) in [6, 6.07) is 0. The third kappa shape index (κ3) is 3.93. The molecule has 0 heterocycles. The van der Waals surface area contributed by atoms with Gasteiger partial charge < -0.3 is 4.89 Å². The molecule has 0 aromatic carbocycles. The van der Waals surface area contributed by atoms with Crippen LogP contribution >= 0.6 is 8.03 Å². The van der Waals surface area contributed by atoms with E-state index in [1.807, 2.05) is 0 Å². The zero-order valence-electron chi connectivity index (χ0n) is 3.35. The monoisotopic (exact) mass is 106 g/mol. The van der Waals surface area contributed by atoms with Crippen molar-refractivity contribution < 1.29 is 9.46 Å². The Morgan fingerprint density at radius 1 is 2.00 bits per heavy atom. The summed E-state index contributed by atoms with van der Waals surface area (Å²) >= 11 is 0. The Morgan fingerprint density at radius 3 is 2.50 bits per heavy atom. The summed E-state index contributed by atoms with van der Waals surface area (Å²) < 4.78 is 9.71. The van der Waals surface area contributed by atoms with Crippen LogP contribution in [0.5, 0.6) is 0 Å². The second-order valence-electron chi connectivity index (χ2n) is 0.887. The van der Waals surface area contributed by atoms with Gasteiger partial charge in [-0.05, 0) is 0 Å². The number of hydrogen-bond donors (Lipinski definition) is 1. The van der Waals surface area contributed by atoms with Crippen molar-refractivity contribution in [1.29, 1.82) is 0 Å². The Hall–Kier alpha value is -0.0700. The van der Waals surface area contributed by atoms with Crippen molar-refractivity contribution in [1.82, 2.24) is 0 Å². The normalized spacial score (nSPS) is 13.5. The van der Waals surface area contributed by atoms with Crippen LogP contribution in [0.3, 0.4) is 0 Å². The minimum atomic E-state index is -2.25. The van der Waals surface area contributed by atoms with Crippen LogP contribution in [-0.2, 0) is 4.57 Å².